The second-order valence-corrected chi connectivity index (χ2v) is 6.33. The summed E-state index contributed by atoms with van der Waals surface area (Å²) >= 11 is 5.89. The monoisotopic (exact) mass is 383 g/mol. The lowest BCUT2D eigenvalue weighted by Gasteiger charge is -2.05. The number of hydrogen-bond acceptors (Lipinski definition) is 4. The molecule has 1 N–H and O–H groups in total. The fraction of sp³-hybridized carbons (Fsp3) is 0.143. The van der Waals surface area contributed by atoms with Crippen LogP contribution in [0.15, 0.2) is 65.1 Å². The van der Waals surface area contributed by atoms with Gasteiger partial charge in [0.25, 0.3) is 0 Å². The van der Waals surface area contributed by atoms with E-state index in [0.29, 0.717) is 22.7 Å². The number of halogens is 1. The first-order valence-electron chi connectivity index (χ1n) is 8.38. The molecule has 2 aromatic carbocycles. The van der Waals surface area contributed by atoms with Gasteiger partial charge in [0, 0.05) is 29.1 Å². The highest BCUT2D eigenvalue weighted by Gasteiger charge is 2.09. The van der Waals surface area contributed by atoms with E-state index in [-0.39, 0.29) is 12.3 Å². The number of benzene rings is 2. The van der Waals surface area contributed by atoms with Gasteiger partial charge in [-0.05, 0) is 60.7 Å². The van der Waals surface area contributed by atoms with Crippen LogP contribution in [0.25, 0.3) is 11.3 Å². The van der Waals surface area contributed by atoms with Crippen LogP contribution in [0, 0.1) is 0 Å². The molecule has 5 nitrogen and oxygen atoms in total. The third-order valence-electron chi connectivity index (χ3n) is 3.98. The van der Waals surface area contributed by atoms with Crippen LogP contribution in [-0.2, 0) is 16.0 Å². The Morgan fingerprint density at radius 3 is 2.37 bits per heavy atom. The zero-order valence-corrected chi connectivity index (χ0v) is 15.5. The maximum Gasteiger partial charge on any atom is 0.337 e. The van der Waals surface area contributed by atoms with Gasteiger partial charge >= 0.3 is 5.97 Å². The van der Waals surface area contributed by atoms with Gasteiger partial charge in [0.05, 0.1) is 12.7 Å². The Labute approximate surface area is 161 Å². The van der Waals surface area contributed by atoms with Gasteiger partial charge in [-0.25, -0.2) is 4.79 Å². The van der Waals surface area contributed by atoms with Gasteiger partial charge < -0.3 is 14.5 Å². The Morgan fingerprint density at radius 2 is 1.70 bits per heavy atom. The van der Waals surface area contributed by atoms with E-state index in [9.17, 15) is 9.59 Å². The minimum absolute atomic E-state index is 0.134. The second kappa shape index (κ2) is 8.56. The molecule has 0 aliphatic rings. The fourth-order valence-electron chi connectivity index (χ4n) is 2.55. The maximum atomic E-state index is 12.1. The summed E-state index contributed by atoms with van der Waals surface area (Å²) in [5, 5.41) is 3.46. The van der Waals surface area contributed by atoms with Crippen LogP contribution in [0.1, 0.15) is 22.5 Å². The molecular formula is C21H18ClNO4. The highest BCUT2D eigenvalue weighted by Crippen LogP contribution is 2.24. The number of amides is 1. The quantitative estimate of drug-likeness (QED) is 0.611. The molecule has 3 rings (SSSR count). The zero-order valence-electron chi connectivity index (χ0n) is 14.7. The Balaban J connectivity index is 1.53. The molecule has 0 radical (unpaired) electrons. The SMILES string of the molecule is COC(=O)c1ccc(NC(=O)CCc2ccc(-c3ccc(Cl)cc3)o2)cc1. The van der Waals surface area contributed by atoms with E-state index in [1.807, 2.05) is 24.3 Å². The molecule has 0 saturated carbocycles. The molecule has 27 heavy (non-hydrogen) atoms. The van der Waals surface area contributed by atoms with Gasteiger partial charge in [-0.3, -0.25) is 4.79 Å². The highest BCUT2D eigenvalue weighted by atomic mass is 35.5. The first-order valence-corrected chi connectivity index (χ1v) is 8.76. The summed E-state index contributed by atoms with van der Waals surface area (Å²) in [6, 6.07) is 17.6. The van der Waals surface area contributed by atoms with E-state index in [1.165, 1.54) is 7.11 Å². The number of ether oxygens (including phenoxy) is 1. The molecule has 1 heterocycles. The summed E-state index contributed by atoms with van der Waals surface area (Å²) in [5.41, 5.74) is 1.98. The summed E-state index contributed by atoms with van der Waals surface area (Å²) in [5.74, 6) is 0.920. The third-order valence-corrected chi connectivity index (χ3v) is 4.23. The topological polar surface area (TPSA) is 68.5 Å². The van der Waals surface area contributed by atoms with Crippen molar-refractivity contribution in [2.24, 2.45) is 0 Å². The lowest BCUT2D eigenvalue weighted by molar-refractivity contribution is -0.116. The average molecular weight is 384 g/mol. The molecule has 0 bridgehead atoms. The van der Waals surface area contributed by atoms with Gasteiger partial charge in [0.1, 0.15) is 11.5 Å². The molecular weight excluding hydrogens is 366 g/mol. The molecule has 0 aliphatic heterocycles. The van der Waals surface area contributed by atoms with Crippen LogP contribution in [0.4, 0.5) is 5.69 Å². The van der Waals surface area contributed by atoms with Crippen molar-refractivity contribution < 1.29 is 18.7 Å². The van der Waals surface area contributed by atoms with Gasteiger partial charge in [-0.1, -0.05) is 11.6 Å². The second-order valence-electron chi connectivity index (χ2n) is 5.89. The number of rotatable bonds is 6. The molecule has 0 saturated heterocycles. The van der Waals surface area contributed by atoms with E-state index in [0.717, 1.165) is 17.1 Å². The van der Waals surface area contributed by atoms with Crippen LogP contribution in [0.5, 0.6) is 0 Å². The standard InChI is InChI=1S/C21H18ClNO4/c1-26-21(25)15-4-8-17(9-5-15)23-20(24)13-11-18-10-12-19(27-18)14-2-6-16(22)7-3-14/h2-10,12H,11,13H2,1H3,(H,23,24). The van der Waals surface area contributed by atoms with Crippen molar-refractivity contribution in [2.75, 3.05) is 12.4 Å². The Kier molecular flexibility index (Phi) is 5.94. The Hall–Kier alpha value is -3.05. The van der Waals surface area contributed by atoms with Crippen molar-refractivity contribution in [3.05, 3.63) is 77.0 Å². The maximum absolute atomic E-state index is 12.1. The predicted octanol–water partition coefficient (Wildman–Crippen LogP) is 4.96. The van der Waals surface area contributed by atoms with Crippen LogP contribution in [0.3, 0.4) is 0 Å². The molecule has 0 atom stereocenters. The summed E-state index contributed by atoms with van der Waals surface area (Å²) in [6.07, 6.45) is 0.770. The number of furan rings is 1. The first kappa shape index (κ1) is 18.7. The van der Waals surface area contributed by atoms with Crippen LogP contribution < -0.4 is 5.32 Å². The number of carbonyl (C=O) groups excluding carboxylic acids is 2. The highest BCUT2D eigenvalue weighted by molar-refractivity contribution is 6.30. The molecule has 3 aromatic rings. The van der Waals surface area contributed by atoms with E-state index >= 15 is 0 Å². The van der Waals surface area contributed by atoms with Crippen molar-refractivity contribution in [1.82, 2.24) is 0 Å². The smallest absolute Gasteiger partial charge is 0.337 e. The van der Waals surface area contributed by atoms with Gasteiger partial charge in [0.2, 0.25) is 5.91 Å². The van der Waals surface area contributed by atoms with Crippen molar-refractivity contribution in [1.29, 1.82) is 0 Å². The number of methoxy groups -OCH3 is 1. The van der Waals surface area contributed by atoms with Crippen molar-refractivity contribution in [3.8, 4) is 11.3 Å². The zero-order chi connectivity index (χ0) is 19.2. The summed E-state index contributed by atoms with van der Waals surface area (Å²) in [6.45, 7) is 0. The largest absolute Gasteiger partial charge is 0.465 e. The first-order chi connectivity index (χ1) is 13.0. The molecule has 0 spiro atoms. The minimum atomic E-state index is -0.415. The molecule has 0 fully saturated rings. The van der Waals surface area contributed by atoms with Gasteiger partial charge in [-0.15, -0.1) is 0 Å². The molecule has 1 aromatic heterocycles. The normalized spacial score (nSPS) is 10.4. The van der Waals surface area contributed by atoms with Crippen LogP contribution in [0.2, 0.25) is 5.02 Å². The van der Waals surface area contributed by atoms with Gasteiger partial charge in [0.15, 0.2) is 0 Å². The van der Waals surface area contributed by atoms with Crippen molar-refractivity contribution in [2.45, 2.75) is 12.8 Å². The lowest BCUT2D eigenvalue weighted by atomic mass is 10.2. The van der Waals surface area contributed by atoms with E-state index < -0.39 is 5.97 Å². The summed E-state index contributed by atoms with van der Waals surface area (Å²) in [4.78, 5) is 23.5. The van der Waals surface area contributed by atoms with Crippen LogP contribution >= 0.6 is 11.6 Å². The van der Waals surface area contributed by atoms with Crippen LogP contribution in [-0.4, -0.2) is 19.0 Å². The number of aryl methyl sites for hydroxylation is 1. The predicted molar refractivity (Wildman–Crippen MR) is 104 cm³/mol. The van der Waals surface area contributed by atoms with E-state index in [1.54, 1.807) is 36.4 Å². The molecule has 1 amide bonds. The minimum Gasteiger partial charge on any atom is -0.465 e. The molecule has 6 heteroatoms. The third kappa shape index (κ3) is 4.99. The average Bonchev–Trinajstić information content (AvgIpc) is 3.16. The van der Waals surface area contributed by atoms with E-state index in [4.69, 9.17) is 16.0 Å². The molecule has 0 unspecified atom stereocenters. The fourth-order valence-corrected chi connectivity index (χ4v) is 2.68. The number of hydrogen-bond donors (Lipinski definition) is 1. The van der Waals surface area contributed by atoms with Crippen molar-refractivity contribution in [3.63, 3.8) is 0 Å². The molecule has 0 aliphatic carbocycles. The summed E-state index contributed by atoms with van der Waals surface area (Å²) < 4.78 is 10.4. The Morgan fingerprint density at radius 1 is 1.00 bits per heavy atom. The Bertz CT molecular complexity index is 930. The number of carbonyl (C=O) groups is 2. The van der Waals surface area contributed by atoms with Gasteiger partial charge in [-0.2, -0.15) is 0 Å². The summed E-state index contributed by atoms with van der Waals surface area (Å²) in [7, 11) is 1.32. The van der Waals surface area contributed by atoms with Crippen molar-refractivity contribution >= 4 is 29.2 Å². The number of nitrogens with one attached hydrogen (secondary N) is 1. The number of esters is 1. The number of anilines is 1. The lowest BCUT2D eigenvalue weighted by Crippen LogP contribution is -2.12. The van der Waals surface area contributed by atoms with E-state index in [2.05, 4.69) is 10.1 Å². The molecule has 138 valence electrons.